The Balaban J connectivity index is 1.08. The molecule has 0 saturated carbocycles. The third kappa shape index (κ3) is 6.09. The number of hydrogen-bond acceptors (Lipinski definition) is 1. The second kappa shape index (κ2) is 15.1. The summed E-state index contributed by atoms with van der Waals surface area (Å²) in [6.45, 7) is 0. The van der Waals surface area contributed by atoms with Gasteiger partial charge in [0.1, 0.15) is 0 Å². The van der Waals surface area contributed by atoms with E-state index in [1.807, 2.05) is 18.2 Å². The van der Waals surface area contributed by atoms with Gasteiger partial charge in [-0.25, -0.2) is 0 Å². The van der Waals surface area contributed by atoms with Crippen molar-refractivity contribution < 1.29 is 0 Å². The summed E-state index contributed by atoms with van der Waals surface area (Å²) in [4.78, 5) is 0. The third-order valence-electron chi connectivity index (χ3n) is 12.8. The predicted molar refractivity (Wildman–Crippen MR) is 258 cm³/mol. The lowest BCUT2D eigenvalue weighted by molar-refractivity contribution is 0.768. The van der Waals surface area contributed by atoms with E-state index < -0.39 is 5.41 Å². The van der Waals surface area contributed by atoms with Crippen molar-refractivity contribution in [2.24, 2.45) is 5.73 Å². The third-order valence-corrected chi connectivity index (χ3v) is 12.8. The zero-order chi connectivity index (χ0) is 40.8. The first-order chi connectivity index (χ1) is 30.2. The van der Waals surface area contributed by atoms with E-state index in [2.05, 4.69) is 218 Å². The number of fused-ring (bicyclic) bond motifs is 9. The Kier molecular flexibility index (Phi) is 9.02. The maximum absolute atomic E-state index is 6.69. The first-order valence-electron chi connectivity index (χ1n) is 21.2. The lowest BCUT2D eigenvalue weighted by Crippen LogP contribution is -2.28. The van der Waals surface area contributed by atoms with E-state index in [0.29, 0.717) is 0 Å². The summed E-state index contributed by atoms with van der Waals surface area (Å²) in [5.41, 5.74) is 21.8. The molecule has 0 amide bonds. The van der Waals surface area contributed by atoms with Gasteiger partial charge in [-0.3, -0.25) is 0 Å². The quantitative estimate of drug-likeness (QED) is 0.121. The number of benzene rings is 10. The second-order valence-corrected chi connectivity index (χ2v) is 16.1. The Morgan fingerprint density at radius 2 is 0.951 bits per heavy atom. The Morgan fingerprint density at radius 3 is 1.66 bits per heavy atom. The van der Waals surface area contributed by atoms with Crippen LogP contribution in [0, 0.1) is 0 Å². The molecule has 288 valence electrons. The van der Waals surface area contributed by atoms with E-state index in [-0.39, 0.29) is 0 Å². The van der Waals surface area contributed by atoms with Crippen molar-refractivity contribution in [1.82, 2.24) is 0 Å². The van der Waals surface area contributed by atoms with Crippen LogP contribution in [0.15, 0.2) is 237 Å². The maximum Gasteiger partial charge on any atom is 0.0713 e. The van der Waals surface area contributed by atoms with Crippen molar-refractivity contribution in [1.29, 1.82) is 0 Å². The standard InChI is InChI=1S/C60H43N/c61-58(43-20-7-2-8-21-43)40-44(42-18-5-1-6-19-42)34-32-41-33-36-53-54(38-41)50-27-14-13-26-49(50)52-30-17-29-48(59(52)53)45-35-37-57-55(39-45)51-28-15-16-31-56(51)60(57,46-22-9-3-10-23-46)47-24-11-4-12-25-47/h1-31,33-40H,32,61H2/b44-34+,58-40-. The van der Waals surface area contributed by atoms with Crippen molar-refractivity contribution in [2.75, 3.05) is 0 Å². The first kappa shape index (κ1) is 36.3. The molecular formula is C60H43N. The molecule has 0 unspecified atom stereocenters. The molecule has 10 aromatic carbocycles. The second-order valence-electron chi connectivity index (χ2n) is 16.1. The van der Waals surface area contributed by atoms with E-state index in [4.69, 9.17) is 5.73 Å². The summed E-state index contributed by atoms with van der Waals surface area (Å²) in [6, 6.07) is 81.9. The van der Waals surface area contributed by atoms with Gasteiger partial charge in [-0.1, -0.05) is 224 Å². The minimum atomic E-state index is -0.428. The number of hydrogen-bond donors (Lipinski definition) is 1. The Labute approximate surface area is 357 Å². The lowest BCUT2D eigenvalue weighted by Gasteiger charge is -2.33. The lowest BCUT2D eigenvalue weighted by atomic mass is 9.67. The van der Waals surface area contributed by atoms with Crippen molar-refractivity contribution in [3.05, 3.63) is 276 Å². The van der Waals surface area contributed by atoms with Gasteiger partial charge in [0.2, 0.25) is 0 Å². The Morgan fingerprint density at radius 1 is 0.410 bits per heavy atom. The average molecular weight is 778 g/mol. The van der Waals surface area contributed by atoms with Crippen LogP contribution >= 0.6 is 0 Å². The minimum Gasteiger partial charge on any atom is -0.398 e. The summed E-state index contributed by atoms with van der Waals surface area (Å²) in [6.07, 6.45) is 5.19. The van der Waals surface area contributed by atoms with Gasteiger partial charge in [-0.2, -0.15) is 0 Å². The molecule has 0 spiro atoms. The summed E-state index contributed by atoms with van der Waals surface area (Å²) in [5.74, 6) is 0. The fourth-order valence-corrected chi connectivity index (χ4v) is 10.0. The van der Waals surface area contributed by atoms with Crippen LogP contribution in [0.4, 0.5) is 0 Å². The molecule has 0 saturated heterocycles. The van der Waals surface area contributed by atoms with E-state index >= 15 is 0 Å². The van der Waals surface area contributed by atoms with Crippen molar-refractivity contribution in [3.8, 4) is 22.3 Å². The van der Waals surface area contributed by atoms with Gasteiger partial charge >= 0.3 is 0 Å². The number of rotatable bonds is 8. The molecule has 2 N–H and O–H groups in total. The molecule has 1 heteroatoms. The highest BCUT2D eigenvalue weighted by molar-refractivity contribution is 6.28. The molecule has 0 aliphatic heterocycles. The Bertz CT molecular complexity index is 3270. The minimum absolute atomic E-state index is 0.428. The van der Waals surface area contributed by atoms with Crippen LogP contribution in [0.2, 0.25) is 0 Å². The van der Waals surface area contributed by atoms with E-state index in [1.165, 1.54) is 82.4 Å². The van der Waals surface area contributed by atoms with Gasteiger partial charge in [0.05, 0.1) is 5.41 Å². The monoisotopic (exact) mass is 777 g/mol. The molecule has 0 atom stereocenters. The molecule has 1 aliphatic carbocycles. The fraction of sp³-hybridized carbons (Fsp3) is 0.0333. The molecule has 0 fully saturated rings. The van der Waals surface area contributed by atoms with E-state index in [1.54, 1.807) is 0 Å². The van der Waals surface area contributed by atoms with Crippen molar-refractivity contribution in [2.45, 2.75) is 11.8 Å². The molecule has 0 radical (unpaired) electrons. The molecule has 1 aliphatic rings. The van der Waals surface area contributed by atoms with Crippen LogP contribution in [0.1, 0.15) is 38.9 Å². The highest BCUT2D eigenvalue weighted by atomic mass is 14.6. The molecule has 0 bridgehead atoms. The van der Waals surface area contributed by atoms with Gasteiger partial charge in [-0.15, -0.1) is 0 Å². The van der Waals surface area contributed by atoms with E-state index in [0.717, 1.165) is 28.8 Å². The van der Waals surface area contributed by atoms with E-state index in [9.17, 15) is 0 Å². The zero-order valence-electron chi connectivity index (χ0n) is 33.8. The smallest absolute Gasteiger partial charge is 0.0713 e. The molecular weight excluding hydrogens is 735 g/mol. The van der Waals surface area contributed by atoms with Crippen LogP contribution in [-0.2, 0) is 11.8 Å². The molecule has 1 nitrogen and oxygen atoms in total. The largest absolute Gasteiger partial charge is 0.398 e. The topological polar surface area (TPSA) is 26.0 Å². The first-order valence-corrected chi connectivity index (χ1v) is 21.2. The highest BCUT2D eigenvalue weighted by Gasteiger charge is 2.46. The van der Waals surface area contributed by atoms with Crippen LogP contribution in [0.5, 0.6) is 0 Å². The maximum atomic E-state index is 6.69. The van der Waals surface area contributed by atoms with Crippen LogP contribution < -0.4 is 5.73 Å². The summed E-state index contributed by atoms with van der Waals surface area (Å²) < 4.78 is 0. The molecule has 0 heterocycles. The molecule has 61 heavy (non-hydrogen) atoms. The van der Waals surface area contributed by atoms with Crippen molar-refractivity contribution in [3.63, 3.8) is 0 Å². The summed E-state index contributed by atoms with van der Waals surface area (Å²) in [7, 11) is 0. The zero-order valence-corrected chi connectivity index (χ0v) is 33.8. The van der Waals surface area contributed by atoms with Crippen LogP contribution in [-0.4, -0.2) is 0 Å². The predicted octanol–water partition coefficient (Wildman–Crippen LogP) is 14.8. The van der Waals surface area contributed by atoms with Gasteiger partial charge in [0.25, 0.3) is 0 Å². The SMILES string of the molecule is N/C(=C\C(=C/Cc1ccc2c(c1)c1ccccc1c1cccc(-c3ccc4c(c3)-c3ccccc3C4(c3ccccc3)c3ccccc3)c12)c1ccccc1)c1ccccc1. The normalized spacial score (nSPS) is 13.4. The van der Waals surface area contributed by atoms with Gasteiger partial charge in [0, 0.05) is 5.70 Å². The molecule has 11 rings (SSSR count). The van der Waals surface area contributed by atoms with Gasteiger partial charge < -0.3 is 5.73 Å². The fourth-order valence-electron chi connectivity index (χ4n) is 10.0. The van der Waals surface area contributed by atoms with Gasteiger partial charge in [0.15, 0.2) is 0 Å². The number of nitrogens with two attached hydrogens (primary N) is 1. The summed E-state index contributed by atoms with van der Waals surface area (Å²) >= 11 is 0. The van der Waals surface area contributed by atoms with Gasteiger partial charge in [-0.05, 0) is 118 Å². The number of allylic oxidation sites excluding steroid dienone is 3. The Hall–Kier alpha value is -7.74. The summed E-state index contributed by atoms with van der Waals surface area (Å²) in [5, 5.41) is 7.61. The molecule has 0 aromatic heterocycles. The highest BCUT2D eigenvalue weighted by Crippen LogP contribution is 2.57. The van der Waals surface area contributed by atoms with Crippen LogP contribution in [0.3, 0.4) is 0 Å². The molecule has 10 aromatic rings. The average Bonchev–Trinajstić information content (AvgIpc) is 3.64. The van der Waals surface area contributed by atoms with Crippen molar-refractivity contribution >= 4 is 43.6 Å². The van der Waals surface area contributed by atoms with Crippen LogP contribution in [0.25, 0.3) is 65.8 Å².